The number of nitrogens with two attached hydrogens (primary N) is 1. The highest BCUT2D eigenvalue weighted by atomic mass is 35.5. The summed E-state index contributed by atoms with van der Waals surface area (Å²) in [6.45, 7) is 4.00. The van der Waals surface area contributed by atoms with E-state index in [4.69, 9.17) is 16.7 Å². The summed E-state index contributed by atoms with van der Waals surface area (Å²) in [4.78, 5) is 0. The van der Waals surface area contributed by atoms with Crippen LogP contribution in [0, 0.1) is 0 Å². The maximum Gasteiger partial charge on any atom is 0.213 e. The number of halogens is 1. The van der Waals surface area contributed by atoms with E-state index in [1.165, 1.54) is 0 Å². The van der Waals surface area contributed by atoms with Crippen LogP contribution < -0.4 is 5.14 Å². The zero-order chi connectivity index (χ0) is 11.2. The molecular weight excluding hydrogens is 222 g/mol. The van der Waals surface area contributed by atoms with Crippen molar-refractivity contribution >= 4 is 21.6 Å². The molecule has 0 radical (unpaired) electrons. The van der Waals surface area contributed by atoms with Gasteiger partial charge in [-0.2, -0.15) is 0 Å². The molecule has 3 nitrogen and oxygen atoms in total. The van der Waals surface area contributed by atoms with Gasteiger partial charge < -0.3 is 0 Å². The second kappa shape index (κ2) is 6.01. The van der Waals surface area contributed by atoms with E-state index in [2.05, 4.69) is 0 Å². The SMILES string of the molecule is CC.NS(=O)(=O)Cc1ccccc1Cl. The fourth-order valence-electron chi connectivity index (χ4n) is 0.832. The summed E-state index contributed by atoms with van der Waals surface area (Å²) in [6.07, 6.45) is 0. The van der Waals surface area contributed by atoms with Crippen LogP contribution in [0.2, 0.25) is 5.02 Å². The Bertz CT molecular complexity index is 376. The lowest BCUT2D eigenvalue weighted by Crippen LogP contribution is -2.14. The van der Waals surface area contributed by atoms with Crippen molar-refractivity contribution in [3.63, 3.8) is 0 Å². The molecule has 1 rings (SSSR count). The molecule has 0 spiro atoms. The standard InChI is InChI=1S/C7H8ClNO2S.C2H6/c8-7-4-2-1-3-6(7)5-12(9,10)11;1-2/h1-4H,5H2,(H2,9,10,11);1-2H3. The lowest BCUT2D eigenvalue weighted by Gasteiger charge is -2.00. The monoisotopic (exact) mass is 235 g/mol. The first kappa shape index (κ1) is 13.4. The average Bonchev–Trinajstić information content (AvgIpc) is 2.10. The van der Waals surface area contributed by atoms with Gasteiger partial charge in [0, 0.05) is 5.02 Å². The smallest absolute Gasteiger partial charge is 0.213 e. The van der Waals surface area contributed by atoms with Crippen LogP contribution in [0.4, 0.5) is 0 Å². The van der Waals surface area contributed by atoms with E-state index >= 15 is 0 Å². The van der Waals surface area contributed by atoms with Crippen molar-refractivity contribution in [3.05, 3.63) is 34.9 Å². The van der Waals surface area contributed by atoms with Gasteiger partial charge in [0.2, 0.25) is 10.0 Å². The fraction of sp³-hybridized carbons (Fsp3) is 0.333. The third-order valence-electron chi connectivity index (χ3n) is 1.31. The number of primary sulfonamides is 1. The normalized spacial score (nSPS) is 10.3. The highest BCUT2D eigenvalue weighted by Crippen LogP contribution is 2.16. The number of benzene rings is 1. The first-order valence-corrected chi connectivity index (χ1v) is 6.32. The van der Waals surface area contributed by atoms with Gasteiger partial charge in [-0.15, -0.1) is 0 Å². The maximum atomic E-state index is 10.7. The first-order valence-electron chi connectivity index (χ1n) is 4.23. The third-order valence-corrected chi connectivity index (χ3v) is 2.40. The number of hydrogen-bond donors (Lipinski definition) is 1. The molecule has 0 bridgehead atoms. The first-order chi connectivity index (χ1) is 6.49. The molecule has 2 N–H and O–H groups in total. The van der Waals surface area contributed by atoms with Gasteiger partial charge in [-0.05, 0) is 11.6 Å². The van der Waals surface area contributed by atoms with E-state index < -0.39 is 10.0 Å². The summed E-state index contributed by atoms with van der Waals surface area (Å²) in [6, 6.07) is 6.70. The Kier molecular flexibility index (Phi) is 5.76. The Labute approximate surface area is 89.9 Å². The van der Waals surface area contributed by atoms with E-state index in [1.807, 2.05) is 13.8 Å². The molecule has 0 aromatic heterocycles. The molecule has 0 aliphatic carbocycles. The summed E-state index contributed by atoms with van der Waals surface area (Å²) in [7, 11) is -3.48. The molecular formula is C9H14ClNO2S. The molecule has 0 amide bonds. The maximum absolute atomic E-state index is 10.7. The minimum atomic E-state index is -3.48. The van der Waals surface area contributed by atoms with E-state index in [0.717, 1.165) is 0 Å². The number of hydrogen-bond acceptors (Lipinski definition) is 2. The van der Waals surface area contributed by atoms with E-state index in [1.54, 1.807) is 24.3 Å². The molecule has 14 heavy (non-hydrogen) atoms. The fourth-order valence-corrected chi connectivity index (χ4v) is 1.80. The topological polar surface area (TPSA) is 60.2 Å². The van der Waals surface area contributed by atoms with Crippen LogP contribution in [0.1, 0.15) is 19.4 Å². The van der Waals surface area contributed by atoms with Gasteiger partial charge in [0.15, 0.2) is 0 Å². The average molecular weight is 236 g/mol. The second-order valence-corrected chi connectivity index (χ2v) is 4.42. The van der Waals surface area contributed by atoms with Gasteiger partial charge in [-0.3, -0.25) is 0 Å². The molecule has 5 heteroatoms. The van der Waals surface area contributed by atoms with Crippen LogP contribution >= 0.6 is 11.6 Å². The van der Waals surface area contributed by atoms with Crippen LogP contribution in [0.5, 0.6) is 0 Å². The number of sulfonamides is 1. The van der Waals surface area contributed by atoms with Crippen molar-refractivity contribution < 1.29 is 8.42 Å². The summed E-state index contributed by atoms with van der Waals surface area (Å²) in [5.41, 5.74) is 0.529. The lowest BCUT2D eigenvalue weighted by atomic mass is 10.2. The van der Waals surface area contributed by atoms with Crippen molar-refractivity contribution in [2.45, 2.75) is 19.6 Å². The van der Waals surface area contributed by atoms with E-state index in [-0.39, 0.29) is 5.75 Å². The third kappa shape index (κ3) is 5.21. The molecule has 0 unspecified atom stereocenters. The molecule has 0 atom stereocenters. The summed E-state index contributed by atoms with van der Waals surface area (Å²) in [5.74, 6) is -0.216. The van der Waals surface area contributed by atoms with Crippen LogP contribution in [0.25, 0.3) is 0 Å². The zero-order valence-electron chi connectivity index (χ0n) is 8.20. The van der Waals surface area contributed by atoms with Gasteiger partial charge >= 0.3 is 0 Å². The van der Waals surface area contributed by atoms with Crippen LogP contribution in [-0.2, 0) is 15.8 Å². The van der Waals surface area contributed by atoms with E-state index in [0.29, 0.717) is 10.6 Å². The van der Waals surface area contributed by atoms with Crippen molar-refractivity contribution in [3.8, 4) is 0 Å². The highest BCUT2D eigenvalue weighted by Gasteiger charge is 2.07. The molecule has 1 aromatic rings. The minimum absolute atomic E-state index is 0.216. The van der Waals surface area contributed by atoms with Crippen molar-refractivity contribution in [1.82, 2.24) is 0 Å². The summed E-state index contributed by atoms with van der Waals surface area (Å²) < 4.78 is 21.3. The second-order valence-electron chi connectivity index (χ2n) is 2.40. The molecule has 0 heterocycles. The predicted molar refractivity (Wildman–Crippen MR) is 59.6 cm³/mol. The van der Waals surface area contributed by atoms with Gasteiger partial charge in [-0.25, -0.2) is 13.6 Å². The molecule has 0 aliphatic heterocycles. The van der Waals surface area contributed by atoms with Crippen molar-refractivity contribution in [2.75, 3.05) is 0 Å². The van der Waals surface area contributed by atoms with Gasteiger partial charge in [0.05, 0.1) is 5.75 Å². The molecule has 1 aromatic carbocycles. The molecule has 0 saturated heterocycles. The summed E-state index contributed by atoms with van der Waals surface area (Å²) in [5, 5.41) is 5.27. The number of rotatable bonds is 2. The Morgan fingerprint density at radius 1 is 1.29 bits per heavy atom. The Morgan fingerprint density at radius 2 is 1.79 bits per heavy atom. The van der Waals surface area contributed by atoms with Gasteiger partial charge in [0.25, 0.3) is 0 Å². The van der Waals surface area contributed by atoms with Crippen LogP contribution in [0.3, 0.4) is 0 Å². The van der Waals surface area contributed by atoms with Crippen LogP contribution in [0.15, 0.2) is 24.3 Å². The molecule has 80 valence electrons. The van der Waals surface area contributed by atoms with Crippen molar-refractivity contribution in [2.24, 2.45) is 5.14 Å². The molecule has 0 aliphatic rings. The van der Waals surface area contributed by atoms with Gasteiger partial charge in [0.1, 0.15) is 0 Å². The predicted octanol–water partition coefficient (Wildman–Crippen LogP) is 2.15. The van der Waals surface area contributed by atoms with E-state index in [9.17, 15) is 8.42 Å². The molecule has 0 saturated carbocycles. The minimum Gasteiger partial charge on any atom is -0.228 e. The largest absolute Gasteiger partial charge is 0.228 e. The quantitative estimate of drug-likeness (QED) is 0.854. The van der Waals surface area contributed by atoms with Crippen molar-refractivity contribution in [1.29, 1.82) is 0 Å². The van der Waals surface area contributed by atoms with Crippen LogP contribution in [-0.4, -0.2) is 8.42 Å². The molecule has 0 fully saturated rings. The Balaban J connectivity index is 0.000000791. The highest BCUT2D eigenvalue weighted by molar-refractivity contribution is 7.88. The van der Waals surface area contributed by atoms with Gasteiger partial charge in [-0.1, -0.05) is 43.6 Å². The Hall–Kier alpha value is -0.580. The zero-order valence-corrected chi connectivity index (χ0v) is 9.77. The Morgan fingerprint density at radius 3 is 2.21 bits per heavy atom. The lowest BCUT2D eigenvalue weighted by molar-refractivity contribution is 0.597. The summed E-state index contributed by atoms with van der Waals surface area (Å²) >= 11 is 5.71.